The molecule has 0 unspecified atom stereocenters. The van der Waals surface area contributed by atoms with Gasteiger partial charge >= 0.3 is 0 Å². The Labute approximate surface area is 177 Å². The van der Waals surface area contributed by atoms with Crippen LogP contribution in [0.5, 0.6) is 0 Å². The highest BCUT2D eigenvalue weighted by molar-refractivity contribution is 7.92. The number of rotatable bonds is 7. The monoisotopic (exact) mass is 429 g/mol. The zero-order valence-corrected chi connectivity index (χ0v) is 18.0. The summed E-state index contributed by atoms with van der Waals surface area (Å²) in [4.78, 5) is 21.3. The molecule has 2 heterocycles. The van der Waals surface area contributed by atoms with Gasteiger partial charge in [-0.15, -0.1) is 0 Å². The number of pyridine rings is 1. The number of likely N-dealkylation sites (N-methyl/N-ethyl adjacent to an activating group) is 1. The van der Waals surface area contributed by atoms with Crippen molar-refractivity contribution in [2.45, 2.75) is 6.54 Å². The van der Waals surface area contributed by atoms with Gasteiger partial charge in [0.15, 0.2) is 0 Å². The lowest BCUT2D eigenvalue weighted by atomic mass is 10.2. The second kappa shape index (κ2) is 9.73. The van der Waals surface area contributed by atoms with Gasteiger partial charge in [-0.25, -0.2) is 13.4 Å². The molecule has 1 aliphatic heterocycles. The van der Waals surface area contributed by atoms with Crippen molar-refractivity contribution in [2.75, 3.05) is 49.1 Å². The Hall–Kier alpha value is -2.91. The first-order valence-electron chi connectivity index (χ1n) is 9.71. The summed E-state index contributed by atoms with van der Waals surface area (Å²) >= 11 is 0. The summed E-state index contributed by atoms with van der Waals surface area (Å²) in [7, 11) is -1.20. The van der Waals surface area contributed by atoms with E-state index in [1.807, 2.05) is 12.1 Å². The van der Waals surface area contributed by atoms with Crippen LogP contribution in [0.25, 0.3) is 6.08 Å². The van der Waals surface area contributed by atoms with Gasteiger partial charge in [0, 0.05) is 56.2 Å². The molecule has 2 N–H and O–H groups in total. The van der Waals surface area contributed by atoms with Gasteiger partial charge in [-0.1, -0.05) is 18.2 Å². The number of anilines is 2. The lowest BCUT2D eigenvalue weighted by Gasteiger charge is -2.34. The van der Waals surface area contributed by atoms with Gasteiger partial charge in [-0.3, -0.25) is 9.52 Å². The average Bonchev–Trinajstić information content (AvgIpc) is 2.71. The first kappa shape index (κ1) is 21.8. The minimum Gasteiger partial charge on any atom is -0.354 e. The summed E-state index contributed by atoms with van der Waals surface area (Å²) in [6, 6.07) is 10.6. The molecule has 0 saturated carbocycles. The molecule has 8 nitrogen and oxygen atoms in total. The van der Waals surface area contributed by atoms with Crippen LogP contribution in [0.15, 0.2) is 48.7 Å². The van der Waals surface area contributed by atoms with E-state index in [-0.39, 0.29) is 5.91 Å². The number of hydrogen-bond acceptors (Lipinski definition) is 6. The standard InChI is InChI=1S/C21H27N5O3S/c1-25-12-14-26(15-13-25)21-18(4-3-11-22-21)16-23-20(27)10-7-17-5-8-19(9-6-17)24-30(2,28)29/h3-11,24H,12-16H2,1-2H3,(H,23,27)/b10-7+. The maximum absolute atomic E-state index is 12.2. The van der Waals surface area contributed by atoms with Crippen molar-refractivity contribution in [1.29, 1.82) is 0 Å². The van der Waals surface area contributed by atoms with E-state index in [1.165, 1.54) is 6.08 Å². The maximum atomic E-state index is 12.2. The molecule has 0 radical (unpaired) electrons. The predicted octanol–water partition coefficient (Wildman–Crippen LogP) is 1.53. The van der Waals surface area contributed by atoms with Crippen molar-refractivity contribution in [2.24, 2.45) is 0 Å². The molecule has 1 aromatic heterocycles. The Kier molecular flexibility index (Phi) is 7.07. The van der Waals surface area contributed by atoms with Crippen molar-refractivity contribution >= 4 is 33.5 Å². The van der Waals surface area contributed by atoms with E-state index in [2.05, 4.69) is 31.9 Å². The molecule has 1 amide bonds. The van der Waals surface area contributed by atoms with E-state index in [1.54, 1.807) is 36.5 Å². The number of carbonyl (C=O) groups excluding carboxylic acids is 1. The van der Waals surface area contributed by atoms with Crippen molar-refractivity contribution in [1.82, 2.24) is 15.2 Å². The van der Waals surface area contributed by atoms with Crippen LogP contribution in [0.3, 0.4) is 0 Å². The van der Waals surface area contributed by atoms with Crippen molar-refractivity contribution in [3.63, 3.8) is 0 Å². The van der Waals surface area contributed by atoms with Gasteiger partial charge in [-0.2, -0.15) is 0 Å². The number of benzene rings is 1. The Morgan fingerprint density at radius 3 is 2.50 bits per heavy atom. The van der Waals surface area contributed by atoms with Crippen LogP contribution in [0.1, 0.15) is 11.1 Å². The van der Waals surface area contributed by atoms with Gasteiger partial charge in [0.05, 0.1) is 6.26 Å². The zero-order valence-electron chi connectivity index (χ0n) is 17.2. The number of sulfonamides is 1. The summed E-state index contributed by atoms with van der Waals surface area (Å²) in [5.41, 5.74) is 2.26. The second-order valence-corrected chi connectivity index (χ2v) is 9.07. The Morgan fingerprint density at radius 2 is 1.83 bits per heavy atom. The van der Waals surface area contributed by atoms with Crippen LogP contribution in [0.4, 0.5) is 11.5 Å². The topological polar surface area (TPSA) is 94.6 Å². The van der Waals surface area contributed by atoms with Gasteiger partial charge < -0.3 is 15.1 Å². The van der Waals surface area contributed by atoms with Gasteiger partial charge in [0.1, 0.15) is 5.82 Å². The molecule has 2 aromatic rings. The van der Waals surface area contributed by atoms with E-state index in [4.69, 9.17) is 0 Å². The molecule has 3 rings (SSSR count). The molecule has 160 valence electrons. The predicted molar refractivity (Wildman–Crippen MR) is 120 cm³/mol. The molecule has 30 heavy (non-hydrogen) atoms. The minimum absolute atomic E-state index is 0.207. The van der Waals surface area contributed by atoms with Gasteiger partial charge in [0.2, 0.25) is 15.9 Å². The highest BCUT2D eigenvalue weighted by Gasteiger charge is 2.17. The fraction of sp³-hybridized carbons (Fsp3) is 0.333. The summed E-state index contributed by atoms with van der Waals surface area (Å²) in [6.45, 7) is 4.21. The quantitative estimate of drug-likeness (QED) is 0.649. The summed E-state index contributed by atoms with van der Waals surface area (Å²) in [6.07, 6.45) is 6.03. The highest BCUT2D eigenvalue weighted by Crippen LogP contribution is 2.18. The lowest BCUT2D eigenvalue weighted by molar-refractivity contribution is -0.116. The molecule has 1 saturated heterocycles. The number of piperazine rings is 1. The van der Waals surface area contributed by atoms with Crippen molar-refractivity contribution < 1.29 is 13.2 Å². The number of aromatic nitrogens is 1. The van der Waals surface area contributed by atoms with Crippen LogP contribution in [-0.4, -0.2) is 63.7 Å². The molecule has 0 aliphatic carbocycles. The molecule has 0 bridgehead atoms. The fourth-order valence-corrected chi connectivity index (χ4v) is 3.73. The second-order valence-electron chi connectivity index (χ2n) is 7.32. The zero-order chi connectivity index (χ0) is 21.6. The van der Waals surface area contributed by atoms with Crippen molar-refractivity contribution in [3.05, 3.63) is 59.8 Å². The largest absolute Gasteiger partial charge is 0.354 e. The summed E-state index contributed by atoms with van der Waals surface area (Å²) in [5, 5.41) is 2.91. The van der Waals surface area contributed by atoms with E-state index in [9.17, 15) is 13.2 Å². The SMILES string of the molecule is CN1CCN(c2ncccc2CNC(=O)/C=C/c2ccc(NS(C)(=O)=O)cc2)CC1. The highest BCUT2D eigenvalue weighted by atomic mass is 32.2. The average molecular weight is 430 g/mol. The summed E-state index contributed by atoms with van der Waals surface area (Å²) in [5.74, 6) is 0.713. The number of amides is 1. The van der Waals surface area contributed by atoms with E-state index in [0.29, 0.717) is 12.2 Å². The normalized spacial score (nSPS) is 15.3. The third-order valence-corrected chi connectivity index (χ3v) is 5.37. The first-order valence-corrected chi connectivity index (χ1v) is 11.6. The van der Waals surface area contributed by atoms with Crippen LogP contribution in [0, 0.1) is 0 Å². The Bertz CT molecular complexity index is 998. The first-order chi connectivity index (χ1) is 14.3. The summed E-state index contributed by atoms with van der Waals surface area (Å²) < 4.78 is 24.9. The molecule has 0 atom stereocenters. The van der Waals surface area contributed by atoms with Gasteiger partial charge in [-0.05, 0) is 36.9 Å². The Balaban J connectivity index is 1.56. The molecule has 1 aliphatic rings. The van der Waals surface area contributed by atoms with Crippen LogP contribution >= 0.6 is 0 Å². The molecular formula is C21H27N5O3S. The third kappa shape index (κ3) is 6.57. The fourth-order valence-electron chi connectivity index (χ4n) is 3.16. The third-order valence-electron chi connectivity index (χ3n) is 4.76. The molecule has 9 heteroatoms. The van der Waals surface area contributed by atoms with E-state index in [0.717, 1.165) is 49.4 Å². The molecule has 1 aromatic carbocycles. The maximum Gasteiger partial charge on any atom is 0.244 e. The van der Waals surface area contributed by atoms with Crippen molar-refractivity contribution in [3.8, 4) is 0 Å². The number of hydrogen-bond donors (Lipinski definition) is 2. The van der Waals surface area contributed by atoms with Gasteiger partial charge in [0.25, 0.3) is 0 Å². The number of nitrogens with zero attached hydrogens (tertiary/aromatic N) is 3. The Morgan fingerprint density at radius 1 is 1.13 bits per heavy atom. The van der Waals surface area contributed by atoms with Crippen LogP contribution in [0.2, 0.25) is 0 Å². The lowest BCUT2D eigenvalue weighted by Crippen LogP contribution is -2.45. The smallest absolute Gasteiger partial charge is 0.244 e. The number of nitrogens with one attached hydrogen (secondary N) is 2. The van der Waals surface area contributed by atoms with Crippen LogP contribution < -0.4 is 14.9 Å². The number of carbonyl (C=O) groups is 1. The van der Waals surface area contributed by atoms with E-state index >= 15 is 0 Å². The minimum atomic E-state index is -3.31. The molecule has 1 fully saturated rings. The van der Waals surface area contributed by atoms with E-state index < -0.39 is 10.0 Å². The van der Waals surface area contributed by atoms with Crippen LogP contribution in [-0.2, 0) is 21.4 Å². The molecule has 0 spiro atoms. The molecular weight excluding hydrogens is 402 g/mol.